The summed E-state index contributed by atoms with van der Waals surface area (Å²) < 4.78 is 12.6. The summed E-state index contributed by atoms with van der Waals surface area (Å²) >= 11 is 0. The first kappa shape index (κ1) is 19.1. The van der Waals surface area contributed by atoms with Crippen LogP contribution in [0.5, 0.6) is 5.75 Å². The van der Waals surface area contributed by atoms with Crippen LogP contribution < -0.4 is 16.0 Å². The number of fused-ring (bicyclic) bond motifs is 1. The predicted molar refractivity (Wildman–Crippen MR) is 100 cm³/mol. The summed E-state index contributed by atoms with van der Waals surface area (Å²) in [4.78, 5) is 35.7. The van der Waals surface area contributed by atoms with Gasteiger partial charge in [0.25, 0.3) is 5.56 Å². The zero-order valence-corrected chi connectivity index (χ0v) is 15.2. The lowest BCUT2D eigenvalue weighted by Crippen LogP contribution is -2.45. The first-order valence-corrected chi connectivity index (χ1v) is 8.86. The Hall–Kier alpha value is -3.28. The summed E-state index contributed by atoms with van der Waals surface area (Å²) in [6.07, 6.45) is -1.10. The van der Waals surface area contributed by atoms with Gasteiger partial charge in [0.1, 0.15) is 18.2 Å². The number of ketones is 1. The maximum absolute atomic E-state index is 13.2. The number of carbonyl (C=O) groups excluding carboxylic acids is 1. The van der Waals surface area contributed by atoms with E-state index in [4.69, 9.17) is 15.2 Å². The van der Waals surface area contributed by atoms with Crippen LogP contribution in [0.25, 0.3) is 11.2 Å². The molecule has 1 aliphatic rings. The molecular formula is C18H19N5O6. The number of aliphatic hydroxyl groups is 2. The molecule has 4 rings (SSSR count). The van der Waals surface area contributed by atoms with Crippen molar-refractivity contribution in [3.63, 3.8) is 0 Å². The van der Waals surface area contributed by atoms with Crippen molar-refractivity contribution in [2.45, 2.75) is 24.4 Å². The lowest BCUT2D eigenvalue weighted by molar-refractivity contribution is -0.162. The van der Waals surface area contributed by atoms with Crippen LogP contribution in [-0.4, -0.2) is 60.9 Å². The lowest BCUT2D eigenvalue weighted by Gasteiger charge is -2.29. The molecule has 3 aromatic rings. The van der Waals surface area contributed by atoms with Gasteiger partial charge in [0.05, 0.1) is 12.7 Å². The van der Waals surface area contributed by atoms with Gasteiger partial charge in [-0.2, -0.15) is 4.98 Å². The largest absolute Gasteiger partial charge is 0.486 e. The zero-order valence-electron chi connectivity index (χ0n) is 15.2. The van der Waals surface area contributed by atoms with Crippen LogP contribution in [0, 0.1) is 0 Å². The fraction of sp³-hybridized carbons (Fsp3) is 0.333. The Morgan fingerprint density at radius 1 is 1.41 bits per heavy atom. The highest BCUT2D eigenvalue weighted by molar-refractivity contribution is 5.88. The number of Topliss-reactive ketones (excluding diaryl/α,β-unsaturated/α-hetero) is 1. The fourth-order valence-corrected chi connectivity index (χ4v) is 3.39. The van der Waals surface area contributed by atoms with Crippen LogP contribution in [-0.2, 0) is 15.3 Å². The van der Waals surface area contributed by atoms with Crippen molar-refractivity contribution in [2.75, 3.05) is 18.9 Å². The number of hydrogen-bond acceptors (Lipinski definition) is 9. The molecule has 5 N–H and O–H groups in total. The standard InChI is InChI=1S/C18H19N5O6/c19-17-21-15-14(16(27)22-17)20-9-23(15)18(6-11(25)12(7-24)29-18)13(26)8-28-10-4-2-1-3-5-10/h1-5,9,11-12,24-25H,6-8H2,(H3,19,21,22,27)/t11-,12+,18-/m0/s1. The van der Waals surface area contributed by atoms with Crippen LogP contribution in [0.4, 0.5) is 5.95 Å². The number of nitrogen functional groups attached to an aromatic ring is 1. The van der Waals surface area contributed by atoms with Gasteiger partial charge in [-0.3, -0.25) is 19.1 Å². The van der Waals surface area contributed by atoms with E-state index in [9.17, 15) is 19.8 Å². The first-order valence-electron chi connectivity index (χ1n) is 8.86. The fourth-order valence-electron chi connectivity index (χ4n) is 3.39. The van der Waals surface area contributed by atoms with Gasteiger partial charge >= 0.3 is 0 Å². The number of imidazole rings is 1. The molecule has 0 unspecified atom stereocenters. The molecule has 1 fully saturated rings. The number of carbonyl (C=O) groups is 1. The monoisotopic (exact) mass is 401 g/mol. The van der Waals surface area contributed by atoms with E-state index in [1.807, 2.05) is 6.07 Å². The smallest absolute Gasteiger partial charge is 0.280 e. The molecule has 2 aromatic heterocycles. The Bertz CT molecular complexity index is 1100. The van der Waals surface area contributed by atoms with Crippen molar-refractivity contribution in [1.29, 1.82) is 0 Å². The van der Waals surface area contributed by atoms with Crippen molar-refractivity contribution >= 4 is 22.9 Å². The van der Waals surface area contributed by atoms with Crippen LogP contribution in [0.3, 0.4) is 0 Å². The average molecular weight is 401 g/mol. The number of para-hydroxylation sites is 1. The van der Waals surface area contributed by atoms with Gasteiger partial charge in [0, 0.05) is 6.42 Å². The molecule has 1 aromatic carbocycles. The third-order valence-corrected chi connectivity index (χ3v) is 4.80. The van der Waals surface area contributed by atoms with Gasteiger partial charge in [-0.25, -0.2) is 4.98 Å². The second-order valence-electron chi connectivity index (χ2n) is 6.66. The van der Waals surface area contributed by atoms with Crippen molar-refractivity contribution in [1.82, 2.24) is 19.5 Å². The van der Waals surface area contributed by atoms with Gasteiger partial charge < -0.3 is 25.4 Å². The molecule has 3 atom stereocenters. The number of ether oxygens (including phenoxy) is 2. The summed E-state index contributed by atoms with van der Waals surface area (Å²) in [5.74, 6) is -0.233. The number of benzene rings is 1. The molecule has 0 aliphatic carbocycles. The Balaban J connectivity index is 1.76. The van der Waals surface area contributed by atoms with Crippen molar-refractivity contribution in [3.05, 3.63) is 47.0 Å². The minimum absolute atomic E-state index is 0.0186. The van der Waals surface area contributed by atoms with E-state index in [2.05, 4.69) is 15.0 Å². The van der Waals surface area contributed by atoms with E-state index in [-0.39, 0.29) is 30.1 Å². The number of hydrogen-bond donors (Lipinski definition) is 4. The molecule has 11 nitrogen and oxygen atoms in total. The van der Waals surface area contributed by atoms with Crippen LogP contribution in [0.15, 0.2) is 41.5 Å². The summed E-state index contributed by atoms with van der Waals surface area (Å²) in [5, 5.41) is 19.8. The number of nitrogens with two attached hydrogens (primary N) is 1. The first-order chi connectivity index (χ1) is 13.9. The van der Waals surface area contributed by atoms with E-state index in [1.54, 1.807) is 24.3 Å². The maximum Gasteiger partial charge on any atom is 0.280 e. The van der Waals surface area contributed by atoms with Gasteiger partial charge in [0.2, 0.25) is 17.5 Å². The highest BCUT2D eigenvalue weighted by Crippen LogP contribution is 2.37. The number of anilines is 1. The Morgan fingerprint density at radius 2 is 2.17 bits per heavy atom. The van der Waals surface area contributed by atoms with Gasteiger partial charge in [-0.15, -0.1) is 0 Å². The summed E-state index contributed by atoms with van der Waals surface area (Å²) in [6, 6.07) is 8.71. The average Bonchev–Trinajstić information content (AvgIpc) is 3.28. The van der Waals surface area contributed by atoms with E-state index in [0.717, 1.165) is 0 Å². The second kappa shape index (κ2) is 7.28. The van der Waals surface area contributed by atoms with Gasteiger partial charge in [0.15, 0.2) is 17.8 Å². The van der Waals surface area contributed by atoms with E-state index in [0.29, 0.717) is 5.75 Å². The van der Waals surface area contributed by atoms with Crippen molar-refractivity contribution in [3.8, 4) is 5.75 Å². The van der Waals surface area contributed by atoms with Crippen LogP contribution >= 0.6 is 0 Å². The molecule has 11 heteroatoms. The van der Waals surface area contributed by atoms with Gasteiger partial charge in [-0.1, -0.05) is 18.2 Å². The van der Waals surface area contributed by atoms with E-state index < -0.39 is 35.9 Å². The predicted octanol–water partition coefficient (Wildman–Crippen LogP) is -0.855. The molecular weight excluding hydrogens is 382 g/mol. The number of aromatic nitrogens is 4. The summed E-state index contributed by atoms with van der Waals surface area (Å²) in [7, 11) is 0. The SMILES string of the molecule is Nc1nc2c(ncn2[C@@]2(C(=O)COc3ccccc3)C[C@H](O)[C@@H](CO)O2)c(=O)[nH]1. The Labute approximate surface area is 163 Å². The molecule has 0 bridgehead atoms. The summed E-state index contributed by atoms with van der Waals surface area (Å²) in [5.41, 5.74) is 3.26. The Morgan fingerprint density at radius 3 is 2.86 bits per heavy atom. The zero-order chi connectivity index (χ0) is 20.6. The number of rotatable bonds is 6. The topological polar surface area (TPSA) is 166 Å². The summed E-state index contributed by atoms with van der Waals surface area (Å²) in [6.45, 7) is -0.883. The highest BCUT2D eigenvalue weighted by atomic mass is 16.6. The minimum atomic E-state index is -1.77. The number of aliphatic hydroxyl groups excluding tert-OH is 2. The van der Waals surface area contributed by atoms with E-state index in [1.165, 1.54) is 10.9 Å². The Kier molecular flexibility index (Phi) is 4.78. The second-order valence-corrected chi connectivity index (χ2v) is 6.66. The molecule has 152 valence electrons. The molecule has 1 aliphatic heterocycles. The van der Waals surface area contributed by atoms with Crippen LogP contribution in [0.2, 0.25) is 0 Å². The normalized spacial score (nSPS) is 24.1. The van der Waals surface area contributed by atoms with E-state index >= 15 is 0 Å². The maximum atomic E-state index is 13.2. The van der Waals surface area contributed by atoms with Crippen molar-refractivity contribution in [2.24, 2.45) is 0 Å². The molecule has 0 amide bonds. The quantitative estimate of drug-likeness (QED) is 0.411. The third kappa shape index (κ3) is 3.24. The highest BCUT2D eigenvalue weighted by Gasteiger charge is 2.53. The number of aromatic amines is 1. The van der Waals surface area contributed by atoms with Crippen molar-refractivity contribution < 1.29 is 24.5 Å². The number of nitrogens with one attached hydrogen (secondary N) is 1. The molecule has 29 heavy (non-hydrogen) atoms. The number of H-pyrrole nitrogens is 1. The molecule has 3 heterocycles. The van der Waals surface area contributed by atoms with Crippen LogP contribution in [0.1, 0.15) is 6.42 Å². The third-order valence-electron chi connectivity index (χ3n) is 4.80. The molecule has 0 spiro atoms. The van der Waals surface area contributed by atoms with Gasteiger partial charge in [-0.05, 0) is 12.1 Å². The molecule has 1 saturated heterocycles. The minimum Gasteiger partial charge on any atom is -0.486 e. The lowest BCUT2D eigenvalue weighted by atomic mass is 10.0. The molecule has 0 saturated carbocycles. The molecule has 0 radical (unpaired) electrons. The number of nitrogens with zero attached hydrogens (tertiary/aromatic N) is 3.